The molecule has 5 aliphatic rings. The van der Waals surface area contributed by atoms with Gasteiger partial charge in [0.15, 0.2) is 0 Å². The number of hydrogen-bond donors (Lipinski definition) is 1. The molecule has 5 atom stereocenters. The number of halogens is 1. The van der Waals surface area contributed by atoms with E-state index in [2.05, 4.69) is 43.8 Å². The maximum Gasteiger partial charge on any atom is 0.477 e. The van der Waals surface area contributed by atoms with Gasteiger partial charge in [-0.2, -0.15) is 0 Å². The van der Waals surface area contributed by atoms with Gasteiger partial charge in [0.05, 0.1) is 24.3 Å². The molecule has 2 bridgehead atoms. The van der Waals surface area contributed by atoms with Crippen molar-refractivity contribution in [2.24, 2.45) is 11.3 Å². The van der Waals surface area contributed by atoms with Crippen molar-refractivity contribution in [1.29, 1.82) is 0 Å². The summed E-state index contributed by atoms with van der Waals surface area (Å²) in [7, 11) is -0.341. The minimum Gasteiger partial charge on any atom is -0.493 e. The highest BCUT2D eigenvalue weighted by Gasteiger charge is 2.64. The first-order valence-electron chi connectivity index (χ1n) is 9.57. The predicted molar refractivity (Wildman–Crippen MR) is 102 cm³/mol. The second-order valence-corrected chi connectivity index (χ2v) is 9.08. The molecule has 6 rings (SSSR count). The predicted octanol–water partition coefficient (Wildman–Crippen LogP) is 3.85. The van der Waals surface area contributed by atoms with E-state index in [9.17, 15) is 0 Å². The Balaban J connectivity index is 1.34. The van der Waals surface area contributed by atoms with Crippen molar-refractivity contribution in [2.45, 2.75) is 57.2 Å². The molecule has 4 nitrogen and oxygen atoms in total. The summed E-state index contributed by atoms with van der Waals surface area (Å²) >= 11 is 6.13. The highest BCUT2D eigenvalue weighted by Crippen LogP contribution is 2.61. The molecule has 0 radical (unpaired) electrons. The minimum atomic E-state index is -0.341. The van der Waals surface area contributed by atoms with Crippen molar-refractivity contribution in [2.75, 3.05) is 6.61 Å². The van der Waals surface area contributed by atoms with Crippen LogP contribution >= 0.6 is 11.8 Å². The van der Waals surface area contributed by atoms with Crippen LogP contribution in [-0.2, 0) is 9.31 Å². The molecule has 3 aliphatic carbocycles. The second kappa shape index (κ2) is 5.74. The maximum atomic E-state index is 6.51. The van der Waals surface area contributed by atoms with Crippen LogP contribution in [0.25, 0.3) is 0 Å². The number of allylic oxidation sites excluding steroid dienone is 1. The lowest BCUT2D eigenvalue weighted by Crippen LogP contribution is -2.57. The van der Waals surface area contributed by atoms with E-state index in [1.807, 2.05) is 12.1 Å². The Hall–Kier alpha value is -1.01. The van der Waals surface area contributed by atoms with Gasteiger partial charge < -0.3 is 14.0 Å². The number of hydrogen-bond acceptors (Lipinski definition) is 4. The molecule has 0 spiro atoms. The zero-order valence-electron chi connectivity index (χ0n) is 15.5. The first-order valence-corrected chi connectivity index (χ1v) is 9.95. The Labute approximate surface area is 160 Å². The number of fused-ring (bicyclic) bond motifs is 1. The first-order chi connectivity index (χ1) is 12.4. The van der Waals surface area contributed by atoms with E-state index >= 15 is 0 Å². The van der Waals surface area contributed by atoms with E-state index in [1.165, 1.54) is 11.1 Å². The third-order valence-electron chi connectivity index (χ3n) is 7.07. The van der Waals surface area contributed by atoms with Crippen molar-refractivity contribution in [3.63, 3.8) is 0 Å². The molecule has 26 heavy (non-hydrogen) atoms. The molecular formula is C20H25BClNO3. The number of para-hydroxylation sites is 1. The van der Waals surface area contributed by atoms with Gasteiger partial charge in [0.2, 0.25) is 0 Å². The molecular weight excluding hydrogens is 348 g/mol. The van der Waals surface area contributed by atoms with Gasteiger partial charge in [-0.3, -0.25) is 0 Å². The zero-order valence-corrected chi connectivity index (χ0v) is 16.3. The highest BCUT2D eigenvalue weighted by atomic mass is 35.5. The largest absolute Gasteiger partial charge is 0.493 e. The standard InChI is InChI=1S/C20H25BClNO3/c1-19(2)13-9-16(19)20(3)17(10-13)25-21(26-20)18(23-22)8-12-11-24-15-7-5-4-6-14(12)15/h4-7,9,12-13,17-18,23H,8,10-11H2,1-3H3/t12?,13-,17+,18-,20-/m0/s1. The van der Waals surface area contributed by atoms with Crippen molar-refractivity contribution in [3.05, 3.63) is 41.5 Å². The number of rotatable bonds is 4. The molecule has 138 valence electrons. The second-order valence-electron chi connectivity index (χ2n) is 8.86. The summed E-state index contributed by atoms with van der Waals surface area (Å²) in [5.41, 5.74) is 2.51. The highest BCUT2D eigenvalue weighted by molar-refractivity contribution is 6.48. The normalized spacial score (nSPS) is 37.3. The summed E-state index contributed by atoms with van der Waals surface area (Å²) in [6.07, 6.45) is 4.34. The molecule has 6 heteroatoms. The van der Waals surface area contributed by atoms with Gasteiger partial charge in [-0.25, -0.2) is 4.84 Å². The molecule has 2 aliphatic heterocycles. The van der Waals surface area contributed by atoms with E-state index in [-0.39, 0.29) is 30.2 Å². The molecule has 2 heterocycles. The Morgan fingerprint density at radius 2 is 2.12 bits per heavy atom. The van der Waals surface area contributed by atoms with Crippen molar-refractivity contribution >= 4 is 18.9 Å². The third-order valence-corrected chi connectivity index (χ3v) is 7.35. The monoisotopic (exact) mass is 373 g/mol. The minimum absolute atomic E-state index is 0.0836. The van der Waals surface area contributed by atoms with Crippen LogP contribution in [-0.4, -0.2) is 31.4 Å². The van der Waals surface area contributed by atoms with Crippen LogP contribution < -0.4 is 9.57 Å². The van der Waals surface area contributed by atoms with Gasteiger partial charge in [0, 0.05) is 11.5 Å². The lowest BCUT2D eigenvalue weighted by molar-refractivity contribution is -0.0152. The lowest BCUT2D eigenvalue weighted by Gasteiger charge is -2.57. The van der Waals surface area contributed by atoms with E-state index in [0.717, 1.165) is 18.6 Å². The van der Waals surface area contributed by atoms with Crippen LogP contribution in [0, 0.1) is 11.3 Å². The summed E-state index contributed by atoms with van der Waals surface area (Å²) in [6.45, 7) is 7.49. The summed E-state index contributed by atoms with van der Waals surface area (Å²) in [5, 5.41) is 0. The Kier molecular flexibility index (Phi) is 3.78. The molecule has 1 aromatic rings. The van der Waals surface area contributed by atoms with Gasteiger partial charge in [0.25, 0.3) is 0 Å². The summed E-state index contributed by atoms with van der Waals surface area (Å²) in [6, 6.07) is 8.23. The van der Waals surface area contributed by atoms with Crippen LogP contribution in [0.1, 0.15) is 45.1 Å². The molecule has 1 saturated heterocycles. The first kappa shape index (κ1) is 17.1. The summed E-state index contributed by atoms with van der Waals surface area (Å²) < 4.78 is 18.7. The van der Waals surface area contributed by atoms with Gasteiger partial charge >= 0.3 is 7.12 Å². The quantitative estimate of drug-likeness (QED) is 0.494. The van der Waals surface area contributed by atoms with E-state index < -0.39 is 0 Å². The van der Waals surface area contributed by atoms with Crippen molar-refractivity contribution < 1.29 is 14.0 Å². The molecule has 0 amide bonds. The summed E-state index contributed by atoms with van der Waals surface area (Å²) in [4.78, 5) is 2.92. The fourth-order valence-electron chi connectivity index (χ4n) is 5.40. The third kappa shape index (κ3) is 2.27. The van der Waals surface area contributed by atoms with Crippen LogP contribution in [0.3, 0.4) is 0 Å². The fourth-order valence-corrected chi connectivity index (χ4v) is 5.59. The lowest BCUT2D eigenvalue weighted by atomic mass is 9.51. The van der Waals surface area contributed by atoms with Crippen LogP contribution in [0.2, 0.25) is 0 Å². The van der Waals surface area contributed by atoms with Crippen molar-refractivity contribution in [3.8, 4) is 5.75 Å². The molecule has 0 aromatic heterocycles. The van der Waals surface area contributed by atoms with Crippen LogP contribution in [0.4, 0.5) is 0 Å². The van der Waals surface area contributed by atoms with Crippen molar-refractivity contribution in [1.82, 2.24) is 4.84 Å². The number of benzene rings is 1. The fraction of sp³-hybridized carbons (Fsp3) is 0.600. The molecule has 2 fully saturated rings. The number of ether oxygens (including phenoxy) is 1. The van der Waals surface area contributed by atoms with E-state index in [4.69, 9.17) is 25.8 Å². The van der Waals surface area contributed by atoms with E-state index in [1.54, 1.807) is 0 Å². The van der Waals surface area contributed by atoms with Gasteiger partial charge in [-0.15, -0.1) is 0 Å². The van der Waals surface area contributed by atoms with Gasteiger partial charge in [0.1, 0.15) is 5.75 Å². The van der Waals surface area contributed by atoms with Crippen LogP contribution in [0.5, 0.6) is 5.75 Å². The topological polar surface area (TPSA) is 39.7 Å². The van der Waals surface area contributed by atoms with Gasteiger partial charge in [-0.05, 0) is 54.5 Å². The molecule has 1 unspecified atom stereocenters. The SMILES string of the molecule is CC1(C)C2=C[C@H]1C[C@H]1OB([C@H](CC3COc4ccccc43)NCl)O[C@@]21C. The average Bonchev–Trinajstić information content (AvgIpc) is 3.19. The van der Waals surface area contributed by atoms with Crippen LogP contribution in [0.15, 0.2) is 35.9 Å². The van der Waals surface area contributed by atoms with Gasteiger partial charge in [-0.1, -0.05) is 38.1 Å². The molecule has 1 aromatic carbocycles. The Morgan fingerprint density at radius 3 is 2.88 bits per heavy atom. The van der Waals surface area contributed by atoms with E-state index in [0.29, 0.717) is 18.4 Å². The summed E-state index contributed by atoms with van der Waals surface area (Å²) in [5.74, 6) is 1.79. The zero-order chi connectivity index (χ0) is 18.1. The average molecular weight is 374 g/mol. The Bertz CT molecular complexity index is 769. The smallest absolute Gasteiger partial charge is 0.477 e. The number of nitrogens with one attached hydrogen (secondary N) is 1. The molecule has 1 N–H and O–H groups in total. The maximum absolute atomic E-state index is 6.51. The molecule has 1 saturated carbocycles. The Morgan fingerprint density at radius 1 is 1.31 bits per heavy atom.